The molecule has 114 valence electrons. The highest BCUT2D eigenvalue weighted by Crippen LogP contribution is 2.21. The molecule has 1 heterocycles. The molecule has 2 fully saturated rings. The van der Waals surface area contributed by atoms with Crippen molar-refractivity contribution in [3.05, 3.63) is 30.3 Å². The standard InChI is InChI=1S/C17H25N3O/c1-14-13-19(16-9-3-2-4-10-16)11-12-20(14)17(21)18-15-7-5-6-8-15/h2-4,9-10,14-15H,5-8,11-13H2,1H3,(H,18,21). The average Bonchev–Trinajstić information content (AvgIpc) is 3.01. The second kappa shape index (κ2) is 6.37. The van der Waals surface area contributed by atoms with Crippen molar-refractivity contribution in [2.24, 2.45) is 0 Å². The van der Waals surface area contributed by atoms with Crippen LogP contribution in [0.15, 0.2) is 30.3 Å². The smallest absolute Gasteiger partial charge is 0.317 e. The van der Waals surface area contributed by atoms with Crippen molar-refractivity contribution in [1.29, 1.82) is 0 Å². The molecule has 1 aliphatic heterocycles. The summed E-state index contributed by atoms with van der Waals surface area (Å²) < 4.78 is 0. The maximum atomic E-state index is 12.4. The van der Waals surface area contributed by atoms with Gasteiger partial charge in [-0.15, -0.1) is 0 Å². The van der Waals surface area contributed by atoms with E-state index in [-0.39, 0.29) is 12.1 Å². The third-order valence-corrected chi connectivity index (χ3v) is 4.69. The summed E-state index contributed by atoms with van der Waals surface area (Å²) >= 11 is 0. The molecule has 1 aromatic rings. The van der Waals surface area contributed by atoms with E-state index in [1.54, 1.807) is 0 Å². The van der Waals surface area contributed by atoms with Gasteiger partial charge in [-0.25, -0.2) is 4.79 Å². The Morgan fingerprint density at radius 3 is 2.52 bits per heavy atom. The van der Waals surface area contributed by atoms with Crippen LogP contribution in [0.2, 0.25) is 0 Å². The Morgan fingerprint density at radius 1 is 1.14 bits per heavy atom. The quantitative estimate of drug-likeness (QED) is 0.908. The zero-order valence-electron chi connectivity index (χ0n) is 12.8. The van der Waals surface area contributed by atoms with Gasteiger partial charge in [0, 0.05) is 37.4 Å². The fraction of sp³-hybridized carbons (Fsp3) is 0.588. The largest absolute Gasteiger partial charge is 0.368 e. The zero-order valence-corrected chi connectivity index (χ0v) is 12.8. The monoisotopic (exact) mass is 287 g/mol. The Bertz CT molecular complexity index is 470. The van der Waals surface area contributed by atoms with Gasteiger partial charge >= 0.3 is 6.03 Å². The van der Waals surface area contributed by atoms with Crippen molar-refractivity contribution in [2.75, 3.05) is 24.5 Å². The Kier molecular flexibility index (Phi) is 4.32. The van der Waals surface area contributed by atoms with Gasteiger partial charge in [0.05, 0.1) is 0 Å². The number of hydrogen-bond acceptors (Lipinski definition) is 2. The van der Waals surface area contributed by atoms with E-state index in [1.807, 2.05) is 11.0 Å². The molecule has 0 spiro atoms. The number of urea groups is 1. The molecule has 1 aliphatic carbocycles. The van der Waals surface area contributed by atoms with Gasteiger partial charge in [-0.3, -0.25) is 0 Å². The molecule has 2 amide bonds. The minimum atomic E-state index is 0.127. The lowest BCUT2D eigenvalue weighted by Gasteiger charge is -2.41. The van der Waals surface area contributed by atoms with Crippen LogP contribution < -0.4 is 10.2 Å². The van der Waals surface area contributed by atoms with Gasteiger partial charge in [0.1, 0.15) is 0 Å². The van der Waals surface area contributed by atoms with Crippen molar-refractivity contribution >= 4 is 11.7 Å². The summed E-state index contributed by atoms with van der Waals surface area (Å²) in [7, 11) is 0. The highest BCUT2D eigenvalue weighted by molar-refractivity contribution is 5.75. The number of carbonyl (C=O) groups excluding carboxylic acids is 1. The number of amides is 2. The van der Waals surface area contributed by atoms with Crippen LogP contribution in [0.4, 0.5) is 10.5 Å². The lowest BCUT2D eigenvalue weighted by molar-refractivity contribution is 0.168. The second-order valence-corrected chi connectivity index (χ2v) is 6.25. The molecule has 4 heteroatoms. The molecule has 1 N–H and O–H groups in total. The van der Waals surface area contributed by atoms with Gasteiger partial charge in [0.25, 0.3) is 0 Å². The first kappa shape index (κ1) is 14.2. The molecule has 3 rings (SSSR count). The first-order valence-corrected chi connectivity index (χ1v) is 8.11. The molecule has 1 saturated carbocycles. The number of carbonyl (C=O) groups is 1. The Labute approximate surface area is 127 Å². The van der Waals surface area contributed by atoms with Crippen LogP contribution in [0, 0.1) is 0 Å². The van der Waals surface area contributed by atoms with E-state index in [0.717, 1.165) is 32.5 Å². The van der Waals surface area contributed by atoms with Crippen LogP contribution in [0.1, 0.15) is 32.6 Å². The second-order valence-electron chi connectivity index (χ2n) is 6.25. The normalized spacial score (nSPS) is 23.4. The van der Waals surface area contributed by atoms with Gasteiger partial charge in [-0.05, 0) is 31.9 Å². The Hall–Kier alpha value is -1.71. The Balaban J connectivity index is 1.56. The number of piperazine rings is 1. The molecule has 21 heavy (non-hydrogen) atoms. The van der Waals surface area contributed by atoms with Crippen molar-refractivity contribution in [1.82, 2.24) is 10.2 Å². The summed E-state index contributed by atoms with van der Waals surface area (Å²) in [6, 6.07) is 11.2. The molecule has 0 radical (unpaired) electrons. The fourth-order valence-electron chi connectivity index (χ4n) is 3.46. The van der Waals surface area contributed by atoms with Gasteiger partial charge < -0.3 is 15.1 Å². The molecular formula is C17H25N3O. The number of para-hydroxylation sites is 1. The summed E-state index contributed by atoms with van der Waals surface area (Å²) in [4.78, 5) is 16.8. The van der Waals surface area contributed by atoms with E-state index in [0.29, 0.717) is 6.04 Å². The van der Waals surface area contributed by atoms with E-state index in [4.69, 9.17) is 0 Å². The van der Waals surface area contributed by atoms with E-state index in [1.165, 1.54) is 18.5 Å². The van der Waals surface area contributed by atoms with Crippen LogP contribution in [-0.4, -0.2) is 42.6 Å². The number of nitrogens with one attached hydrogen (secondary N) is 1. The van der Waals surface area contributed by atoms with Gasteiger partial charge in [0.15, 0.2) is 0 Å². The molecule has 2 aliphatic rings. The van der Waals surface area contributed by atoms with E-state index in [9.17, 15) is 4.79 Å². The molecule has 1 aromatic carbocycles. The van der Waals surface area contributed by atoms with Crippen LogP contribution in [0.3, 0.4) is 0 Å². The number of nitrogens with zero attached hydrogens (tertiary/aromatic N) is 2. The summed E-state index contributed by atoms with van der Waals surface area (Å²) in [5, 5.41) is 3.20. The third kappa shape index (κ3) is 3.31. The van der Waals surface area contributed by atoms with Crippen molar-refractivity contribution < 1.29 is 4.79 Å². The maximum Gasteiger partial charge on any atom is 0.317 e. The highest BCUT2D eigenvalue weighted by atomic mass is 16.2. The van der Waals surface area contributed by atoms with Gasteiger partial charge in [-0.1, -0.05) is 31.0 Å². The minimum Gasteiger partial charge on any atom is -0.368 e. The van der Waals surface area contributed by atoms with E-state index < -0.39 is 0 Å². The van der Waals surface area contributed by atoms with Crippen molar-refractivity contribution in [3.63, 3.8) is 0 Å². The molecule has 1 atom stereocenters. The molecule has 1 saturated heterocycles. The molecular weight excluding hydrogens is 262 g/mol. The lowest BCUT2D eigenvalue weighted by Crippen LogP contribution is -2.57. The average molecular weight is 287 g/mol. The zero-order chi connectivity index (χ0) is 14.7. The SMILES string of the molecule is CC1CN(c2ccccc2)CCN1C(=O)NC1CCCC1. The van der Waals surface area contributed by atoms with Crippen LogP contribution in [-0.2, 0) is 0 Å². The van der Waals surface area contributed by atoms with Crippen molar-refractivity contribution in [2.45, 2.75) is 44.7 Å². The summed E-state index contributed by atoms with van der Waals surface area (Å²) in [6.45, 7) is 4.76. The third-order valence-electron chi connectivity index (χ3n) is 4.69. The number of benzene rings is 1. The van der Waals surface area contributed by atoms with E-state index >= 15 is 0 Å². The lowest BCUT2D eigenvalue weighted by atomic mass is 10.1. The molecule has 0 bridgehead atoms. The van der Waals surface area contributed by atoms with Crippen molar-refractivity contribution in [3.8, 4) is 0 Å². The highest BCUT2D eigenvalue weighted by Gasteiger charge is 2.29. The first-order valence-electron chi connectivity index (χ1n) is 8.11. The predicted octanol–water partition coefficient (Wildman–Crippen LogP) is 2.85. The minimum absolute atomic E-state index is 0.127. The van der Waals surface area contributed by atoms with Gasteiger partial charge in [0.2, 0.25) is 0 Å². The topological polar surface area (TPSA) is 35.6 Å². The maximum absolute atomic E-state index is 12.4. The van der Waals surface area contributed by atoms with Crippen LogP contribution in [0.5, 0.6) is 0 Å². The molecule has 1 unspecified atom stereocenters. The number of anilines is 1. The number of rotatable bonds is 2. The number of hydrogen-bond donors (Lipinski definition) is 1. The van der Waals surface area contributed by atoms with E-state index in [2.05, 4.69) is 41.4 Å². The molecule has 0 aromatic heterocycles. The predicted molar refractivity (Wildman–Crippen MR) is 85.6 cm³/mol. The Morgan fingerprint density at radius 2 is 1.86 bits per heavy atom. The van der Waals surface area contributed by atoms with Crippen LogP contribution >= 0.6 is 0 Å². The summed E-state index contributed by atoms with van der Waals surface area (Å²) in [5.41, 5.74) is 1.25. The summed E-state index contributed by atoms with van der Waals surface area (Å²) in [5.74, 6) is 0. The molecule has 4 nitrogen and oxygen atoms in total. The van der Waals surface area contributed by atoms with Gasteiger partial charge in [-0.2, -0.15) is 0 Å². The van der Waals surface area contributed by atoms with Crippen LogP contribution in [0.25, 0.3) is 0 Å². The summed E-state index contributed by atoms with van der Waals surface area (Å²) in [6.07, 6.45) is 4.79. The fourth-order valence-corrected chi connectivity index (χ4v) is 3.46. The first-order chi connectivity index (χ1) is 10.2.